The zero-order valence-corrected chi connectivity index (χ0v) is 11.9. The Balaban J connectivity index is 2.46. The fourth-order valence-corrected chi connectivity index (χ4v) is 2.26. The van der Waals surface area contributed by atoms with Gasteiger partial charge in [-0.2, -0.15) is 0 Å². The van der Waals surface area contributed by atoms with E-state index in [0.29, 0.717) is 11.3 Å². The molecule has 0 radical (unpaired) electrons. The van der Waals surface area contributed by atoms with Crippen molar-refractivity contribution in [1.29, 1.82) is 0 Å². The molecule has 2 rings (SSSR count). The van der Waals surface area contributed by atoms with Crippen molar-refractivity contribution in [3.63, 3.8) is 0 Å². The van der Waals surface area contributed by atoms with Gasteiger partial charge in [0.25, 0.3) is 0 Å². The second kappa shape index (κ2) is 5.05. The highest BCUT2D eigenvalue weighted by Crippen LogP contribution is 2.24. The SMILES string of the molecule is O=C(c1ccccn1)c1cccc(I)c1Br. The number of nitrogens with zero attached hydrogens (tertiary/aromatic N) is 1. The molecule has 4 heteroatoms. The average Bonchev–Trinajstić information content (AvgIpc) is 2.33. The maximum atomic E-state index is 12.1. The molecule has 2 nitrogen and oxygen atoms in total. The summed E-state index contributed by atoms with van der Waals surface area (Å²) in [5.74, 6) is -0.0639. The van der Waals surface area contributed by atoms with Gasteiger partial charge < -0.3 is 0 Å². The Hall–Kier alpha value is -0.750. The lowest BCUT2D eigenvalue weighted by molar-refractivity contribution is 0.103. The summed E-state index contributed by atoms with van der Waals surface area (Å²) in [5, 5.41) is 0. The van der Waals surface area contributed by atoms with Crippen molar-refractivity contribution >= 4 is 44.3 Å². The maximum Gasteiger partial charge on any atom is 0.212 e. The van der Waals surface area contributed by atoms with Crippen LogP contribution < -0.4 is 0 Å². The molecule has 0 aliphatic rings. The summed E-state index contributed by atoms with van der Waals surface area (Å²) >= 11 is 5.61. The van der Waals surface area contributed by atoms with Gasteiger partial charge in [0.1, 0.15) is 5.69 Å². The zero-order valence-electron chi connectivity index (χ0n) is 8.15. The van der Waals surface area contributed by atoms with Crippen LogP contribution in [0.3, 0.4) is 0 Å². The first-order valence-corrected chi connectivity index (χ1v) is 6.47. The van der Waals surface area contributed by atoms with Gasteiger partial charge in [-0.1, -0.05) is 12.1 Å². The van der Waals surface area contributed by atoms with E-state index < -0.39 is 0 Å². The molecule has 0 bridgehead atoms. The molecule has 0 spiro atoms. The third-order valence-corrected chi connectivity index (χ3v) is 4.59. The van der Waals surface area contributed by atoms with E-state index in [1.54, 1.807) is 24.4 Å². The minimum atomic E-state index is -0.0639. The lowest BCUT2D eigenvalue weighted by Gasteiger charge is -2.04. The quantitative estimate of drug-likeness (QED) is 0.581. The highest BCUT2D eigenvalue weighted by atomic mass is 127. The van der Waals surface area contributed by atoms with Gasteiger partial charge in [-0.05, 0) is 62.8 Å². The number of benzene rings is 1. The highest BCUT2D eigenvalue weighted by molar-refractivity contribution is 14.1. The van der Waals surface area contributed by atoms with Crippen LogP contribution in [0.5, 0.6) is 0 Å². The Morgan fingerprint density at radius 2 is 2.00 bits per heavy atom. The smallest absolute Gasteiger partial charge is 0.212 e. The van der Waals surface area contributed by atoms with Crippen molar-refractivity contribution in [2.24, 2.45) is 0 Å². The highest BCUT2D eigenvalue weighted by Gasteiger charge is 2.14. The molecule has 0 aliphatic heterocycles. The summed E-state index contributed by atoms with van der Waals surface area (Å²) in [5.41, 5.74) is 1.11. The van der Waals surface area contributed by atoms with Gasteiger partial charge in [0.2, 0.25) is 5.78 Å². The molecule has 16 heavy (non-hydrogen) atoms. The summed E-state index contributed by atoms with van der Waals surface area (Å²) in [6.45, 7) is 0. The van der Waals surface area contributed by atoms with Crippen molar-refractivity contribution < 1.29 is 4.79 Å². The molecule has 80 valence electrons. The summed E-state index contributed by atoms with van der Waals surface area (Å²) < 4.78 is 1.84. The van der Waals surface area contributed by atoms with Crippen LogP contribution in [0.1, 0.15) is 16.1 Å². The van der Waals surface area contributed by atoms with Crippen LogP contribution >= 0.6 is 38.5 Å². The first kappa shape index (κ1) is 11.7. The van der Waals surface area contributed by atoms with Crippen molar-refractivity contribution in [2.45, 2.75) is 0 Å². The van der Waals surface area contributed by atoms with E-state index in [1.165, 1.54) is 0 Å². The number of aromatic nitrogens is 1. The summed E-state index contributed by atoms with van der Waals surface area (Å²) in [6.07, 6.45) is 1.62. The summed E-state index contributed by atoms with van der Waals surface area (Å²) in [6, 6.07) is 10.9. The number of carbonyl (C=O) groups excluding carboxylic acids is 1. The molecule has 0 atom stereocenters. The van der Waals surface area contributed by atoms with Crippen LogP contribution in [0.2, 0.25) is 0 Å². The Labute approximate surface area is 115 Å². The maximum absolute atomic E-state index is 12.1. The summed E-state index contributed by atoms with van der Waals surface area (Å²) in [7, 11) is 0. The molecule has 1 aromatic carbocycles. The average molecular weight is 388 g/mol. The van der Waals surface area contributed by atoms with Crippen molar-refractivity contribution in [1.82, 2.24) is 4.98 Å². The lowest BCUT2D eigenvalue weighted by Crippen LogP contribution is -2.04. The van der Waals surface area contributed by atoms with E-state index in [-0.39, 0.29) is 5.78 Å². The molecule has 0 fully saturated rings. The molecule has 1 heterocycles. The third-order valence-electron chi connectivity index (χ3n) is 2.09. The lowest BCUT2D eigenvalue weighted by atomic mass is 10.1. The Morgan fingerprint density at radius 1 is 1.19 bits per heavy atom. The molecular formula is C12H7BrINO. The number of ketones is 1. The van der Waals surface area contributed by atoms with Crippen LogP contribution in [0.4, 0.5) is 0 Å². The number of halogens is 2. The van der Waals surface area contributed by atoms with Gasteiger partial charge >= 0.3 is 0 Å². The second-order valence-electron chi connectivity index (χ2n) is 3.15. The van der Waals surface area contributed by atoms with Gasteiger partial charge in [0.05, 0.1) is 0 Å². The first-order chi connectivity index (χ1) is 7.70. The molecule has 0 unspecified atom stereocenters. The second-order valence-corrected chi connectivity index (χ2v) is 5.10. The fourth-order valence-electron chi connectivity index (χ4n) is 1.31. The van der Waals surface area contributed by atoms with Gasteiger partial charge in [-0.3, -0.25) is 9.78 Å². The molecule has 0 amide bonds. The van der Waals surface area contributed by atoms with Crippen molar-refractivity contribution in [2.75, 3.05) is 0 Å². The van der Waals surface area contributed by atoms with E-state index >= 15 is 0 Å². The topological polar surface area (TPSA) is 30.0 Å². The summed E-state index contributed by atoms with van der Waals surface area (Å²) in [4.78, 5) is 16.2. The molecule has 0 saturated heterocycles. The number of pyridine rings is 1. The molecule has 0 aliphatic carbocycles. The molecule has 2 aromatic rings. The number of hydrogen-bond acceptors (Lipinski definition) is 2. The Morgan fingerprint density at radius 3 is 2.69 bits per heavy atom. The molecule has 0 saturated carbocycles. The van der Waals surface area contributed by atoms with Crippen LogP contribution in [0, 0.1) is 3.57 Å². The fraction of sp³-hybridized carbons (Fsp3) is 0. The Kier molecular flexibility index (Phi) is 3.70. The van der Waals surface area contributed by atoms with Gasteiger partial charge in [-0.15, -0.1) is 0 Å². The molecule has 1 aromatic heterocycles. The standard InChI is InChI=1S/C12H7BrINO/c13-11-8(4-3-5-9(11)14)12(16)10-6-1-2-7-15-10/h1-7H. The third kappa shape index (κ3) is 2.32. The Bertz CT molecular complexity index is 528. The first-order valence-electron chi connectivity index (χ1n) is 4.60. The van der Waals surface area contributed by atoms with Gasteiger partial charge in [0.15, 0.2) is 0 Å². The number of carbonyl (C=O) groups is 1. The number of rotatable bonds is 2. The predicted octanol–water partition coefficient (Wildman–Crippen LogP) is 3.68. The monoisotopic (exact) mass is 387 g/mol. The normalized spacial score (nSPS) is 10.1. The van der Waals surface area contributed by atoms with Crippen LogP contribution in [0.15, 0.2) is 47.1 Å². The molecular weight excluding hydrogens is 381 g/mol. The predicted molar refractivity (Wildman–Crippen MR) is 74.5 cm³/mol. The van der Waals surface area contributed by atoms with E-state index in [9.17, 15) is 4.79 Å². The van der Waals surface area contributed by atoms with Crippen LogP contribution in [-0.2, 0) is 0 Å². The van der Waals surface area contributed by atoms with Gasteiger partial charge in [0, 0.05) is 19.8 Å². The molecule has 0 N–H and O–H groups in total. The minimum absolute atomic E-state index is 0.0639. The minimum Gasteiger partial charge on any atom is -0.287 e. The van der Waals surface area contributed by atoms with Crippen molar-refractivity contribution in [3.05, 3.63) is 61.9 Å². The zero-order chi connectivity index (χ0) is 11.5. The van der Waals surface area contributed by atoms with Gasteiger partial charge in [-0.25, -0.2) is 0 Å². The number of hydrogen-bond donors (Lipinski definition) is 0. The van der Waals surface area contributed by atoms with Crippen LogP contribution in [-0.4, -0.2) is 10.8 Å². The van der Waals surface area contributed by atoms with E-state index in [2.05, 4.69) is 43.5 Å². The van der Waals surface area contributed by atoms with E-state index in [1.807, 2.05) is 18.2 Å². The van der Waals surface area contributed by atoms with E-state index in [4.69, 9.17) is 0 Å². The van der Waals surface area contributed by atoms with E-state index in [0.717, 1.165) is 8.04 Å². The van der Waals surface area contributed by atoms with Crippen molar-refractivity contribution in [3.8, 4) is 0 Å². The largest absolute Gasteiger partial charge is 0.287 e. The van der Waals surface area contributed by atoms with Crippen LogP contribution in [0.25, 0.3) is 0 Å².